The number of ether oxygens (including phenoxy) is 1. The van der Waals surface area contributed by atoms with Gasteiger partial charge in [0.15, 0.2) is 0 Å². The minimum Gasteiger partial charge on any atom is -0.493 e. The van der Waals surface area contributed by atoms with Crippen LogP contribution < -0.4 is 16.0 Å². The number of nitrogen functional groups attached to an aromatic ring is 1. The molecule has 1 amide bonds. The number of amides is 1. The van der Waals surface area contributed by atoms with Crippen LogP contribution in [-0.2, 0) is 0 Å². The predicted octanol–water partition coefficient (Wildman–Crippen LogP) is 1.71. The van der Waals surface area contributed by atoms with Crippen LogP contribution in [0.3, 0.4) is 0 Å². The van der Waals surface area contributed by atoms with Gasteiger partial charge in [0.25, 0.3) is 5.91 Å². The zero-order valence-electron chi connectivity index (χ0n) is 9.91. The molecule has 0 saturated heterocycles. The van der Waals surface area contributed by atoms with Gasteiger partial charge in [0.05, 0.1) is 6.61 Å². The maximum absolute atomic E-state index is 11.2. The highest BCUT2D eigenvalue weighted by Crippen LogP contribution is 2.18. The summed E-state index contributed by atoms with van der Waals surface area (Å²) in [5.74, 6) is 5.48. The van der Waals surface area contributed by atoms with E-state index < -0.39 is 0 Å². The number of carbonyl (C=O) groups is 1. The van der Waals surface area contributed by atoms with Crippen molar-refractivity contribution >= 4 is 5.91 Å². The molecule has 88 valence electrons. The second kappa shape index (κ2) is 4.99. The third-order valence-electron chi connectivity index (χ3n) is 1.92. The smallest absolute Gasteiger partial charge is 0.265 e. The molecule has 0 saturated carbocycles. The molecule has 0 aliphatic rings. The van der Waals surface area contributed by atoms with Gasteiger partial charge >= 0.3 is 0 Å². The summed E-state index contributed by atoms with van der Waals surface area (Å²) in [7, 11) is 0. The Labute approximate surface area is 95.8 Å². The summed E-state index contributed by atoms with van der Waals surface area (Å²) in [5.41, 5.74) is 2.71. The van der Waals surface area contributed by atoms with E-state index in [2.05, 4.69) is 26.2 Å². The molecule has 0 aliphatic carbocycles. The number of hydrogen-bond acceptors (Lipinski definition) is 3. The van der Waals surface area contributed by atoms with Crippen molar-refractivity contribution in [2.75, 3.05) is 6.61 Å². The van der Waals surface area contributed by atoms with Crippen LogP contribution in [0.15, 0.2) is 24.3 Å². The summed E-state index contributed by atoms with van der Waals surface area (Å²) >= 11 is 0. The van der Waals surface area contributed by atoms with Crippen LogP contribution in [-0.4, -0.2) is 12.5 Å². The normalized spacial score (nSPS) is 11.0. The van der Waals surface area contributed by atoms with Crippen molar-refractivity contribution in [2.24, 2.45) is 11.3 Å². The number of rotatable bonds is 3. The van der Waals surface area contributed by atoms with Gasteiger partial charge < -0.3 is 4.74 Å². The first-order chi connectivity index (χ1) is 7.42. The summed E-state index contributed by atoms with van der Waals surface area (Å²) in [6, 6.07) is 6.88. The van der Waals surface area contributed by atoms with Crippen LogP contribution >= 0.6 is 0 Å². The molecule has 0 bridgehead atoms. The first kappa shape index (κ1) is 12.5. The second-order valence-electron chi connectivity index (χ2n) is 4.85. The fourth-order valence-electron chi connectivity index (χ4n) is 1.09. The summed E-state index contributed by atoms with van der Waals surface area (Å²) in [6.07, 6.45) is 0. The molecule has 0 fully saturated rings. The first-order valence-electron chi connectivity index (χ1n) is 5.16. The molecule has 4 nitrogen and oxygen atoms in total. The average Bonchev–Trinajstić information content (AvgIpc) is 2.25. The average molecular weight is 222 g/mol. The highest BCUT2D eigenvalue weighted by Gasteiger charge is 2.11. The molecule has 1 aromatic rings. The second-order valence-corrected chi connectivity index (χ2v) is 4.85. The monoisotopic (exact) mass is 222 g/mol. The highest BCUT2D eigenvalue weighted by molar-refractivity contribution is 5.93. The lowest BCUT2D eigenvalue weighted by Crippen LogP contribution is -2.29. The Morgan fingerprint density at radius 1 is 1.31 bits per heavy atom. The molecule has 4 heteroatoms. The number of carbonyl (C=O) groups excluding carboxylic acids is 1. The van der Waals surface area contributed by atoms with Crippen LogP contribution in [0.5, 0.6) is 5.75 Å². The first-order valence-corrected chi connectivity index (χ1v) is 5.16. The van der Waals surface area contributed by atoms with E-state index >= 15 is 0 Å². The molecule has 0 unspecified atom stereocenters. The highest BCUT2D eigenvalue weighted by atomic mass is 16.5. The minimum absolute atomic E-state index is 0.118. The Morgan fingerprint density at radius 3 is 2.31 bits per heavy atom. The fraction of sp³-hybridized carbons (Fsp3) is 0.417. The van der Waals surface area contributed by atoms with Crippen molar-refractivity contribution in [3.8, 4) is 5.75 Å². The lowest BCUT2D eigenvalue weighted by Gasteiger charge is -2.18. The van der Waals surface area contributed by atoms with Crippen molar-refractivity contribution in [3.63, 3.8) is 0 Å². The van der Waals surface area contributed by atoms with Crippen LogP contribution in [0, 0.1) is 5.41 Å². The molecule has 0 radical (unpaired) electrons. The van der Waals surface area contributed by atoms with Gasteiger partial charge in [-0.15, -0.1) is 0 Å². The van der Waals surface area contributed by atoms with Gasteiger partial charge in [-0.2, -0.15) is 0 Å². The van der Waals surface area contributed by atoms with E-state index in [9.17, 15) is 4.79 Å². The van der Waals surface area contributed by atoms with E-state index in [0.29, 0.717) is 12.2 Å². The maximum Gasteiger partial charge on any atom is 0.265 e. The fourth-order valence-corrected chi connectivity index (χ4v) is 1.09. The van der Waals surface area contributed by atoms with E-state index in [4.69, 9.17) is 10.6 Å². The van der Waals surface area contributed by atoms with Gasteiger partial charge in [-0.1, -0.05) is 20.8 Å². The standard InChI is InChI=1S/C12H18N2O2/c1-12(2,3)8-16-10-6-4-9(5-7-10)11(15)14-13/h4-7H,8,13H2,1-3H3,(H,14,15). The van der Waals surface area contributed by atoms with Crippen LogP contribution in [0.25, 0.3) is 0 Å². The molecule has 3 N–H and O–H groups in total. The van der Waals surface area contributed by atoms with Crippen molar-refractivity contribution in [2.45, 2.75) is 20.8 Å². The van der Waals surface area contributed by atoms with E-state index in [1.807, 2.05) is 0 Å². The van der Waals surface area contributed by atoms with Crippen LogP contribution in [0.1, 0.15) is 31.1 Å². The van der Waals surface area contributed by atoms with E-state index in [1.165, 1.54) is 0 Å². The zero-order valence-corrected chi connectivity index (χ0v) is 9.91. The topological polar surface area (TPSA) is 64.3 Å². The largest absolute Gasteiger partial charge is 0.493 e. The van der Waals surface area contributed by atoms with Gasteiger partial charge in [-0.3, -0.25) is 10.2 Å². The quantitative estimate of drug-likeness (QED) is 0.465. The van der Waals surface area contributed by atoms with Crippen molar-refractivity contribution in [3.05, 3.63) is 29.8 Å². The Hall–Kier alpha value is -1.55. The van der Waals surface area contributed by atoms with Crippen molar-refractivity contribution < 1.29 is 9.53 Å². The van der Waals surface area contributed by atoms with Crippen molar-refractivity contribution in [1.82, 2.24) is 5.43 Å². The number of hydrogen-bond donors (Lipinski definition) is 2. The van der Waals surface area contributed by atoms with Crippen LogP contribution in [0.4, 0.5) is 0 Å². The SMILES string of the molecule is CC(C)(C)COc1ccc(C(=O)NN)cc1. The maximum atomic E-state index is 11.2. The molecule has 0 heterocycles. The van der Waals surface area contributed by atoms with E-state index in [0.717, 1.165) is 5.75 Å². The van der Waals surface area contributed by atoms with E-state index in [1.54, 1.807) is 24.3 Å². The summed E-state index contributed by atoms with van der Waals surface area (Å²) in [5, 5.41) is 0. The number of nitrogens with one attached hydrogen (secondary N) is 1. The third kappa shape index (κ3) is 3.90. The van der Waals surface area contributed by atoms with Gasteiger partial charge in [0.1, 0.15) is 5.75 Å². The Balaban J connectivity index is 2.62. The number of benzene rings is 1. The molecular formula is C12H18N2O2. The molecular weight excluding hydrogens is 204 g/mol. The molecule has 0 spiro atoms. The molecule has 0 aromatic heterocycles. The van der Waals surface area contributed by atoms with Crippen LogP contribution in [0.2, 0.25) is 0 Å². The molecule has 0 atom stereocenters. The zero-order chi connectivity index (χ0) is 12.2. The predicted molar refractivity (Wildman–Crippen MR) is 63.0 cm³/mol. The van der Waals surface area contributed by atoms with Crippen molar-refractivity contribution in [1.29, 1.82) is 0 Å². The Bertz CT molecular complexity index is 352. The van der Waals surface area contributed by atoms with Gasteiger partial charge in [0, 0.05) is 5.56 Å². The molecule has 0 aliphatic heterocycles. The number of hydrazine groups is 1. The molecule has 1 aromatic carbocycles. The lowest BCUT2D eigenvalue weighted by atomic mass is 9.99. The number of nitrogens with two attached hydrogens (primary N) is 1. The Kier molecular flexibility index (Phi) is 3.90. The summed E-state index contributed by atoms with van der Waals surface area (Å²) < 4.78 is 5.58. The van der Waals surface area contributed by atoms with Gasteiger partial charge in [0.2, 0.25) is 0 Å². The molecule has 1 rings (SSSR count). The summed E-state index contributed by atoms with van der Waals surface area (Å²) in [6.45, 7) is 6.94. The van der Waals surface area contributed by atoms with Gasteiger partial charge in [-0.25, -0.2) is 5.84 Å². The minimum atomic E-state index is -0.303. The lowest BCUT2D eigenvalue weighted by molar-refractivity contribution is 0.0953. The van der Waals surface area contributed by atoms with E-state index in [-0.39, 0.29) is 11.3 Å². The summed E-state index contributed by atoms with van der Waals surface area (Å²) in [4.78, 5) is 11.2. The third-order valence-corrected chi connectivity index (χ3v) is 1.92. The van der Waals surface area contributed by atoms with Gasteiger partial charge in [-0.05, 0) is 29.7 Å². The Morgan fingerprint density at radius 2 is 1.88 bits per heavy atom. The molecule has 16 heavy (non-hydrogen) atoms.